The van der Waals surface area contributed by atoms with Crippen molar-refractivity contribution >= 4 is 11.7 Å². The molecule has 3 rings (SSSR count). The van der Waals surface area contributed by atoms with E-state index < -0.39 is 0 Å². The molecule has 0 atom stereocenters. The lowest BCUT2D eigenvalue weighted by atomic mass is 10.1. The molecule has 7 nitrogen and oxygen atoms in total. The molecule has 2 aromatic rings. The van der Waals surface area contributed by atoms with Gasteiger partial charge in [-0.05, 0) is 24.1 Å². The summed E-state index contributed by atoms with van der Waals surface area (Å²) >= 11 is 0. The number of fused-ring (bicyclic) bond motifs is 1. The van der Waals surface area contributed by atoms with Gasteiger partial charge in [0.1, 0.15) is 5.82 Å². The van der Waals surface area contributed by atoms with E-state index in [4.69, 9.17) is 15.2 Å². The van der Waals surface area contributed by atoms with E-state index in [1.54, 1.807) is 14.2 Å². The fraction of sp³-hybridized carbons (Fsp3) is 0.375. The molecule has 1 aromatic carbocycles. The van der Waals surface area contributed by atoms with Crippen molar-refractivity contribution in [3.05, 3.63) is 35.0 Å². The van der Waals surface area contributed by atoms with Crippen LogP contribution in [0.2, 0.25) is 0 Å². The van der Waals surface area contributed by atoms with Crippen LogP contribution in [0.1, 0.15) is 16.8 Å². The number of anilines is 1. The molecular weight excluding hydrogens is 296 g/mol. The number of H-pyrrole nitrogens is 1. The summed E-state index contributed by atoms with van der Waals surface area (Å²) in [5, 5.41) is 6.90. The number of carbonyl (C=O) groups excluding carboxylic acids is 1. The van der Waals surface area contributed by atoms with E-state index in [-0.39, 0.29) is 5.91 Å². The third kappa shape index (κ3) is 2.94. The summed E-state index contributed by atoms with van der Waals surface area (Å²) in [7, 11) is 3.17. The second-order valence-corrected chi connectivity index (χ2v) is 5.50. The molecule has 1 amide bonds. The van der Waals surface area contributed by atoms with E-state index in [0.29, 0.717) is 36.8 Å². The van der Waals surface area contributed by atoms with Gasteiger partial charge in [-0.25, -0.2) is 0 Å². The van der Waals surface area contributed by atoms with Crippen molar-refractivity contribution in [1.82, 2.24) is 15.1 Å². The van der Waals surface area contributed by atoms with Crippen LogP contribution in [-0.2, 0) is 24.2 Å². The van der Waals surface area contributed by atoms with Gasteiger partial charge >= 0.3 is 0 Å². The third-order valence-electron chi connectivity index (χ3n) is 4.12. The van der Waals surface area contributed by atoms with Crippen LogP contribution in [0.4, 0.5) is 5.82 Å². The Morgan fingerprint density at radius 2 is 2.13 bits per heavy atom. The van der Waals surface area contributed by atoms with Crippen LogP contribution in [0.15, 0.2) is 18.2 Å². The average molecular weight is 316 g/mol. The minimum atomic E-state index is 0.0658. The van der Waals surface area contributed by atoms with Crippen LogP contribution in [0.5, 0.6) is 11.5 Å². The van der Waals surface area contributed by atoms with Crippen LogP contribution in [0.25, 0.3) is 0 Å². The number of ether oxygens (including phenoxy) is 2. The minimum absolute atomic E-state index is 0.0658. The number of benzene rings is 1. The van der Waals surface area contributed by atoms with Crippen molar-refractivity contribution < 1.29 is 14.3 Å². The Kier molecular flexibility index (Phi) is 4.10. The highest BCUT2D eigenvalue weighted by atomic mass is 16.5. The maximum absolute atomic E-state index is 12.5. The first-order valence-electron chi connectivity index (χ1n) is 7.42. The summed E-state index contributed by atoms with van der Waals surface area (Å²) in [4.78, 5) is 14.3. The van der Waals surface area contributed by atoms with E-state index in [1.165, 1.54) is 0 Å². The Labute approximate surface area is 134 Å². The largest absolute Gasteiger partial charge is 0.493 e. The van der Waals surface area contributed by atoms with E-state index in [9.17, 15) is 4.79 Å². The van der Waals surface area contributed by atoms with Gasteiger partial charge in [0.05, 0.1) is 32.9 Å². The molecule has 0 saturated heterocycles. The van der Waals surface area contributed by atoms with Gasteiger partial charge < -0.3 is 20.1 Å². The second-order valence-electron chi connectivity index (χ2n) is 5.50. The molecule has 122 valence electrons. The number of aromatic amines is 1. The number of nitrogens with one attached hydrogen (secondary N) is 1. The van der Waals surface area contributed by atoms with E-state index >= 15 is 0 Å². The lowest BCUT2D eigenvalue weighted by Gasteiger charge is -2.26. The molecule has 0 aliphatic carbocycles. The number of nitrogen functional groups attached to an aromatic ring is 1. The molecule has 1 aliphatic rings. The first-order chi connectivity index (χ1) is 11.1. The molecule has 7 heteroatoms. The fourth-order valence-corrected chi connectivity index (χ4v) is 2.83. The maximum Gasteiger partial charge on any atom is 0.227 e. The van der Waals surface area contributed by atoms with Gasteiger partial charge in [-0.15, -0.1) is 0 Å². The summed E-state index contributed by atoms with van der Waals surface area (Å²) in [5.74, 6) is 1.88. The van der Waals surface area contributed by atoms with Gasteiger partial charge in [0.15, 0.2) is 11.5 Å². The highest BCUT2D eigenvalue weighted by Crippen LogP contribution is 2.28. The number of nitrogens with zero attached hydrogens (tertiary/aromatic N) is 2. The monoisotopic (exact) mass is 316 g/mol. The number of rotatable bonds is 4. The van der Waals surface area contributed by atoms with Gasteiger partial charge in [0, 0.05) is 12.1 Å². The molecular formula is C16H20N4O3. The Balaban J connectivity index is 1.70. The average Bonchev–Trinajstić information content (AvgIpc) is 2.95. The zero-order valence-electron chi connectivity index (χ0n) is 13.3. The van der Waals surface area contributed by atoms with Gasteiger partial charge in [-0.2, -0.15) is 5.10 Å². The molecule has 2 heterocycles. The van der Waals surface area contributed by atoms with Gasteiger partial charge in [0.2, 0.25) is 5.91 Å². The molecule has 0 bridgehead atoms. The Morgan fingerprint density at radius 1 is 1.35 bits per heavy atom. The predicted molar refractivity (Wildman–Crippen MR) is 85.4 cm³/mol. The number of aromatic nitrogens is 2. The first-order valence-corrected chi connectivity index (χ1v) is 7.42. The smallest absolute Gasteiger partial charge is 0.227 e. The van der Waals surface area contributed by atoms with Crippen molar-refractivity contribution in [3.8, 4) is 11.5 Å². The summed E-state index contributed by atoms with van der Waals surface area (Å²) in [6.07, 6.45) is 1.05. The fourth-order valence-electron chi connectivity index (χ4n) is 2.83. The molecule has 0 radical (unpaired) electrons. The Bertz CT molecular complexity index is 726. The quantitative estimate of drug-likeness (QED) is 0.882. The lowest BCUT2D eigenvalue weighted by Crippen LogP contribution is -2.37. The molecule has 1 aliphatic heterocycles. The van der Waals surface area contributed by atoms with Crippen molar-refractivity contribution in [2.45, 2.75) is 19.4 Å². The molecule has 0 spiro atoms. The zero-order valence-corrected chi connectivity index (χ0v) is 13.3. The summed E-state index contributed by atoms with van der Waals surface area (Å²) < 4.78 is 10.5. The van der Waals surface area contributed by atoms with Crippen LogP contribution in [-0.4, -0.2) is 41.8 Å². The van der Waals surface area contributed by atoms with E-state index in [1.807, 2.05) is 23.1 Å². The van der Waals surface area contributed by atoms with E-state index in [2.05, 4.69) is 10.2 Å². The number of hydrogen-bond acceptors (Lipinski definition) is 5. The van der Waals surface area contributed by atoms with E-state index in [0.717, 1.165) is 23.2 Å². The van der Waals surface area contributed by atoms with Gasteiger partial charge in [-0.1, -0.05) is 6.07 Å². The maximum atomic E-state index is 12.5. The molecule has 0 unspecified atom stereocenters. The van der Waals surface area contributed by atoms with Crippen molar-refractivity contribution in [2.75, 3.05) is 26.5 Å². The third-order valence-corrected chi connectivity index (χ3v) is 4.12. The van der Waals surface area contributed by atoms with Gasteiger partial charge in [-0.3, -0.25) is 9.89 Å². The number of carbonyl (C=O) groups is 1. The van der Waals surface area contributed by atoms with Crippen LogP contribution < -0.4 is 15.2 Å². The highest BCUT2D eigenvalue weighted by molar-refractivity contribution is 5.79. The summed E-state index contributed by atoms with van der Waals surface area (Å²) in [6, 6.07) is 5.52. The van der Waals surface area contributed by atoms with Gasteiger partial charge in [0.25, 0.3) is 0 Å². The number of hydrogen-bond donors (Lipinski definition) is 2. The summed E-state index contributed by atoms with van der Waals surface area (Å²) in [5.41, 5.74) is 8.64. The number of amides is 1. The van der Waals surface area contributed by atoms with Crippen molar-refractivity contribution in [3.63, 3.8) is 0 Å². The minimum Gasteiger partial charge on any atom is -0.493 e. The molecule has 0 fully saturated rings. The Morgan fingerprint density at radius 3 is 2.87 bits per heavy atom. The number of methoxy groups -OCH3 is 2. The summed E-state index contributed by atoms with van der Waals surface area (Å²) in [6.45, 7) is 1.18. The Hall–Kier alpha value is -2.70. The molecule has 0 saturated carbocycles. The second kappa shape index (κ2) is 6.20. The van der Waals surface area contributed by atoms with Crippen molar-refractivity contribution in [2.24, 2.45) is 0 Å². The van der Waals surface area contributed by atoms with Crippen LogP contribution in [0.3, 0.4) is 0 Å². The molecule has 3 N–H and O–H groups in total. The normalized spacial score (nSPS) is 13.6. The number of nitrogens with two attached hydrogens (primary N) is 1. The van der Waals surface area contributed by atoms with Crippen molar-refractivity contribution in [1.29, 1.82) is 0 Å². The first kappa shape index (κ1) is 15.2. The highest BCUT2D eigenvalue weighted by Gasteiger charge is 2.24. The topological polar surface area (TPSA) is 93.5 Å². The lowest BCUT2D eigenvalue weighted by molar-refractivity contribution is -0.131. The standard InChI is InChI=1S/C16H20N4O3/c1-22-13-4-3-10(7-14(13)23-2)8-15(21)20-6-5-11-12(9-20)18-19-16(11)17/h3-4,7H,5-6,8-9H2,1-2H3,(H3,17,18,19). The SMILES string of the molecule is COc1ccc(CC(=O)N2CCc3c(N)n[nH]c3C2)cc1OC. The van der Waals surface area contributed by atoms with Crippen LogP contribution in [0, 0.1) is 0 Å². The van der Waals surface area contributed by atoms with Crippen LogP contribution >= 0.6 is 0 Å². The molecule has 23 heavy (non-hydrogen) atoms. The molecule has 1 aromatic heterocycles. The predicted octanol–water partition coefficient (Wildman–Crippen LogP) is 1.14. The zero-order chi connectivity index (χ0) is 16.4.